The van der Waals surface area contributed by atoms with E-state index in [4.69, 9.17) is 10.9 Å². The molecule has 0 bridgehead atoms. The van der Waals surface area contributed by atoms with Gasteiger partial charge in [0, 0.05) is 11.7 Å². The lowest BCUT2D eigenvalue weighted by Crippen LogP contribution is -2.22. The van der Waals surface area contributed by atoms with Gasteiger partial charge in [-0.05, 0) is 24.6 Å². The summed E-state index contributed by atoms with van der Waals surface area (Å²) >= 11 is 1.57. The topological polar surface area (TPSA) is 87.3 Å². The number of nitrogens with two attached hydrogens (primary N) is 1. The Morgan fingerprint density at radius 2 is 2.39 bits per heavy atom. The second-order valence-electron chi connectivity index (χ2n) is 4.30. The highest BCUT2D eigenvalue weighted by Gasteiger charge is 2.10. The van der Waals surface area contributed by atoms with Crippen molar-refractivity contribution in [2.24, 2.45) is 16.8 Å². The van der Waals surface area contributed by atoms with Gasteiger partial charge < -0.3 is 15.9 Å². The minimum atomic E-state index is 0.00921. The van der Waals surface area contributed by atoms with Crippen LogP contribution in [0.15, 0.2) is 28.5 Å². The molecule has 0 aliphatic heterocycles. The molecule has 1 heterocycles. The predicted octanol–water partition coefficient (Wildman–Crippen LogP) is 2.35. The van der Waals surface area contributed by atoms with Crippen molar-refractivity contribution in [3.8, 4) is 0 Å². The number of aryl methyl sites for hydroxylation is 1. The molecule has 0 fully saturated rings. The van der Waals surface area contributed by atoms with Crippen molar-refractivity contribution >= 4 is 28.6 Å². The zero-order valence-corrected chi connectivity index (χ0v) is 11.2. The van der Waals surface area contributed by atoms with Crippen LogP contribution in [0.5, 0.6) is 0 Å². The molecule has 2 rings (SSSR count). The van der Waals surface area contributed by atoms with Crippen LogP contribution in [0.25, 0.3) is 11.0 Å². The van der Waals surface area contributed by atoms with E-state index in [9.17, 15) is 0 Å². The molecule has 0 amide bonds. The summed E-state index contributed by atoms with van der Waals surface area (Å²) in [5.41, 5.74) is 8.73. The molecular formula is C12H16N4OS. The summed E-state index contributed by atoms with van der Waals surface area (Å²) < 4.78 is 0. The van der Waals surface area contributed by atoms with E-state index in [-0.39, 0.29) is 11.8 Å². The maximum absolute atomic E-state index is 8.58. The van der Waals surface area contributed by atoms with Gasteiger partial charge in [0.25, 0.3) is 0 Å². The molecule has 0 aliphatic rings. The van der Waals surface area contributed by atoms with Gasteiger partial charge in [0.15, 0.2) is 5.16 Å². The number of hydrogen-bond donors (Lipinski definition) is 3. The highest BCUT2D eigenvalue weighted by Crippen LogP contribution is 2.22. The highest BCUT2D eigenvalue weighted by molar-refractivity contribution is 7.99. The number of H-pyrrole nitrogens is 1. The number of nitrogens with one attached hydrogen (secondary N) is 1. The van der Waals surface area contributed by atoms with Crippen LogP contribution in [-0.2, 0) is 0 Å². The van der Waals surface area contributed by atoms with Crippen LogP contribution in [0, 0.1) is 12.8 Å². The normalized spacial score (nSPS) is 14.0. The number of aromatic nitrogens is 2. The third kappa shape index (κ3) is 2.76. The van der Waals surface area contributed by atoms with Gasteiger partial charge in [-0.25, -0.2) is 4.98 Å². The molecule has 18 heavy (non-hydrogen) atoms. The monoisotopic (exact) mass is 264 g/mol. The summed E-state index contributed by atoms with van der Waals surface area (Å²) in [5.74, 6) is 0.971. The van der Waals surface area contributed by atoms with Crippen molar-refractivity contribution in [1.82, 2.24) is 9.97 Å². The molecule has 1 aromatic carbocycles. The van der Waals surface area contributed by atoms with Crippen LogP contribution in [0.2, 0.25) is 0 Å². The molecule has 0 radical (unpaired) electrons. The Labute approximate surface area is 109 Å². The molecule has 0 aliphatic carbocycles. The molecule has 6 heteroatoms. The molecular weight excluding hydrogens is 248 g/mol. The van der Waals surface area contributed by atoms with Gasteiger partial charge in [-0.3, -0.25) is 0 Å². The van der Waals surface area contributed by atoms with Crippen LogP contribution in [0.3, 0.4) is 0 Å². The van der Waals surface area contributed by atoms with E-state index in [0.29, 0.717) is 5.75 Å². The van der Waals surface area contributed by atoms with E-state index in [2.05, 4.69) is 21.2 Å². The Morgan fingerprint density at radius 3 is 3.11 bits per heavy atom. The lowest BCUT2D eigenvalue weighted by molar-refractivity contribution is 0.315. The summed E-state index contributed by atoms with van der Waals surface area (Å²) in [6, 6.07) is 6.11. The fourth-order valence-corrected chi connectivity index (χ4v) is 2.48. The second-order valence-corrected chi connectivity index (χ2v) is 5.31. The smallest absolute Gasteiger partial charge is 0.166 e. The maximum Gasteiger partial charge on any atom is 0.166 e. The first-order valence-electron chi connectivity index (χ1n) is 5.66. The molecule has 1 atom stereocenters. The van der Waals surface area contributed by atoms with E-state index in [1.54, 1.807) is 11.8 Å². The number of benzene rings is 1. The largest absolute Gasteiger partial charge is 0.409 e. The van der Waals surface area contributed by atoms with Gasteiger partial charge in [-0.15, -0.1) is 0 Å². The first kappa shape index (κ1) is 12.8. The van der Waals surface area contributed by atoms with Gasteiger partial charge in [-0.1, -0.05) is 29.9 Å². The Morgan fingerprint density at radius 1 is 1.61 bits per heavy atom. The summed E-state index contributed by atoms with van der Waals surface area (Å²) in [7, 11) is 0. The molecule has 5 nitrogen and oxygen atoms in total. The summed E-state index contributed by atoms with van der Waals surface area (Å²) in [5, 5.41) is 12.4. The molecule has 2 aromatic rings. The lowest BCUT2D eigenvalue weighted by Gasteiger charge is -2.06. The van der Waals surface area contributed by atoms with Gasteiger partial charge >= 0.3 is 0 Å². The summed E-state index contributed by atoms with van der Waals surface area (Å²) in [6.07, 6.45) is 0. The fraction of sp³-hybridized carbons (Fsp3) is 0.333. The van der Waals surface area contributed by atoms with Crippen molar-refractivity contribution in [3.63, 3.8) is 0 Å². The summed E-state index contributed by atoms with van der Waals surface area (Å²) in [4.78, 5) is 7.73. The number of hydrogen-bond acceptors (Lipinski definition) is 4. The number of nitrogens with zero attached hydrogens (tertiary/aromatic N) is 2. The predicted molar refractivity (Wildman–Crippen MR) is 74.1 cm³/mol. The van der Waals surface area contributed by atoms with Crippen LogP contribution in [0.4, 0.5) is 0 Å². The molecule has 0 saturated heterocycles. The number of aromatic amines is 1. The quantitative estimate of drug-likeness (QED) is 0.260. The molecule has 96 valence electrons. The fourth-order valence-electron chi connectivity index (χ4n) is 1.56. The third-order valence-corrected chi connectivity index (χ3v) is 3.84. The zero-order chi connectivity index (χ0) is 13.1. The van der Waals surface area contributed by atoms with E-state index in [0.717, 1.165) is 16.2 Å². The lowest BCUT2D eigenvalue weighted by atomic mass is 10.2. The van der Waals surface area contributed by atoms with Gasteiger partial charge in [0.05, 0.1) is 11.0 Å². The van der Waals surface area contributed by atoms with Gasteiger partial charge in [0.1, 0.15) is 5.84 Å². The number of thioether (sulfide) groups is 1. The van der Waals surface area contributed by atoms with Crippen molar-refractivity contribution < 1.29 is 5.21 Å². The third-order valence-electron chi connectivity index (χ3n) is 2.71. The zero-order valence-electron chi connectivity index (χ0n) is 10.3. The second kappa shape index (κ2) is 5.30. The van der Waals surface area contributed by atoms with Crippen LogP contribution >= 0.6 is 11.8 Å². The van der Waals surface area contributed by atoms with Crippen molar-refractivity contribution in [2.45, 2.75) is 19.0 Å². The molecule has 0 saturated carbocycles. The summed E-state index contributed by atoms with van der Waals surface area (Å²) in [6.45, 7) is 3.96. The van der Waals surface area contributed by atoms with Crippen LogP contribution < -0.4 is 5.73 Å². The number of oxime groups is 1. The first-order valence-corrected chi connectivity index (χ1v) is 6.65. The van der Waals surface area contributed by atoms with Crippen LogP contribution in [0.1, 0.15) is 12.5 Å². The Bertz CT molecular complexity index is 578. The average molecular weight is 264 g/mol. The minimum Gasteiger partial charge on any atom is -0.409 e. The van der Waals surface area contributed by atoms with Gasteiger partial charge in [0.2, 0.25) is 0 Å². The Hall–Kier alpha value is -1.69. The standard InChI is InChI=1S/C12H16N4OS/c1-7-3-4-9-10(5-7)15-12(14-9)18-6-8(2)11(13)16-17/h3-5,8,17H,6H2,1-2H3,(H2,13,16)(H,14,15). The van der Waals surface area contributed by atoms with Gasteiger partial charge in [-0.2, -0.15) is 0 Å². The van der Waals surface area contributed by atoms with Crippen LogP contribution in [-0.4, -0.2) is 26.8 Å². The number of imidazole rings is 1. The number of amidine groups is 1. The number of rotatable bonds is 4. The SMILES string of the molecule is Cc1ccc2nc(SCC(C)C(N)=NO)[nH]c2c1. The van der Waals surface area contributed by atoms with E-state index >= 15 is 0 Å². The Kier molecular flexibility index (Phi) is 3.76. The Balaban J connectivity index is 2.08. The van der Waals surface area contributed by atoms with E-state index in [1.807, 2.05) is 26.0 Å². The highest BCUT2D eigenvalue weighted by atomic mass is 32.2. The minimum absolute atomic E-state index is 0.00921. The molecule has 4 N–H and O–H groups in total. The molecule has 1 aromatic heterocycles. The maximum atomic E-state index is 8.58. The average Bonchev–Trinajstić information content (AvgIpc) is 2.76. The van der Waals surface area contributed by atoms with Crippen molar-refractivity contribution in [1.29, 1.82) is 0 Å². The van der Waals surface area contributed by atoms with E-state index in [1.165, 1.54) is 5.56 Å². The first-order chi connectivity index (χ1) is 8.60. The van der Waals surface area contributed by atoms with Crippen molar-refractivity contribution in [3.05, 3.63) is 23.8 Å². The molecule has 1 unspecified atom stereocenters. The molecule has 0 spiro atoms. The van der Waals surface area contributed by atoms with Crippen molar-refractivity contribution in [2.75, 3.05) is 5.75 Å². The van der Waals surface area contributed by atoms with E-state index < -0.39 is 0 Å². The number of fused-ring (bicyclic) bond motifs is 1.